The summed E-state index contributed by atoms with van der Waals surface area (Å²) in [5.74, 6) is -0.122. The first-order valence-corrected chi connectivity index (χ1v) is 16.4. The zero-order chi connectivity index (χ0) is 32.8. The van der Waals surface area contributed by atoms with Crippen LogP contribution in [0.25, 0.3) is 22.2 Å². The number of carboxylic acid groups (broad SMARTS) is 1. The fourth-order valence-corrected chi connectivity index (χ4v) is 7.01. The van der Waals surface area contributed by atoms with Gasteiger partial charge in [0.2, 0.25) is 0 Å². The molecule has 1 saturated heterocycles. The molecule has 0 radical (unpaired) electrons. The average Bonchev–Trinajstić information content (AvgIpc) is 3.06. The van der Waals surface area contributed by atoms with Crippen molar-refractivity contribution in [2.24, 2.45) is 5.92 Å². The summed E-state index contributed by atoms with van der Waals surface area (Å²) in [7, 11) is 1.89. The summed E-state index contributed by atoms with van der Waals surface area (Å²) in [6.45, 7) is 6.14. The molecule has 2 amide bonds. The SMILES string of the molecule is CNCc1ccc(C(=O)N2CCC[C@@H]([C@@](O)(CCCNC(=O)O)c3cccc(Cl)c3-c3ccc4cccc(C(C)C)c4n3)C2)cc1. The number of aliphatic hydroxyl groups is 1. The number of fused-ring (bicyclic) bond motifs is 1. The molecule has 1 aliphatic rings. The molecule has 1 aliphatic heterocycles. The van der Waals surface area contributed by atoms with Crippen molar-refractivity contribution < 1.29 is 19.8 Å². The van der Waals surface area contributed by atoms with Crippen molar-refractivity contribution in [3.05, 3.63) is 100 Å². The largest absolute Gasteiger partial charge is 0.465 e. The summed E-state index contributed by atoms with van der Waals surface area (Å²) in [5.41, 5.74) is 4.27. The Bertz CT molecular complexity index is 1690. The summed E-state index contributed by atoms with van der Waals surface area (Å²) in [4.78, 5) is 31.9. The third-order valence-electron chi connectivity index (χ3n) is 9.09. The molecule has 5 rings (SSSR count). The van der Waals surface area contributed by atoms with Crippen LogP contribution in [0.5, 0.6) is 0 Å². The van der Waals surface area contributed by atoms with Gasteiger partial charge in [-0.15, -0.1) is 0 Å². The fraction of sp³-hybridized carbons (Fsp3) is 0.378. The van der Waals surface area contributed by atoms with E-state index in [0.29, 0.717) is 53.3 Å². The first kappa shape index (κ1) is 33.4. The Hall–Kier alpha value is -3.98. The van der Waals surface area contributed by atoms with Gasteiger partial charge in [0.15, 0.2) is 0 Å². The Morgan fingerprint density at radius 3 is 2.54 bits per heavy atom. The highest BCUT2D eigenvalue weighted by atomic mass is 35.5. The van der Waals surface area contributed by atoms with Crippen LogP contribution >= 0.6 is 11.6 Å². The van der Waals surface area contributed by atoms with Crippen molar-refractivity contribution in [3.63, 3.8) is 0 Å². The molecule has 4 N–H and O–H groups in total. The fourth-order valence-electron chi connectivity index (χ4n) is 6.74. The number of hydrogen-bond donors (Lipinski definition) is 4. The summed E-state index contributed by atoms with van der Waals surface area (Å²) in [6, 6.07) is 23.3. The van der Waals surface area contributed by atoms with Crippen molar-refractivity contribution in [2.75, 3.05) is 26.7 Å². The Morgan fingerprint density at radius 2 is 1.83 bits per heavy atom. The molecule has 0 bridgehead atoms. The van der Waals surface area contributed by atoms with Gasteiger partial charge in [0.05, 0.1) is 21.8 Å². The van der Waals surface area contributed by atoms with Crippen LogP contribution in [0.15, 0.2) is 72.8 Å². The molecule has 0 saturated carbocycles. The number of nitrogens with zero attached hydrogens (tertiary/aromatic N) is 2. The van der Waals surface area contributed by atoms with Crippen molar-refractivity contribution in [1.82, 2.24) is 20.5 Å². The number of likely N-dealkylation sites (tertiary alicyclic amines) is 1. The Labute approximate surface area is 275 Å². The highest BCUT2D eigenvalue weighted by Gasteiger charge is 2.43. The molecule has 3 aromatic carbocycles. The molecule has 0 aliphatic carbocycles. The van der Waals surface area contributed by atoms with E-state index in [4.69, 9.17) is 16.6 Å². The quantitative estimate of drug-likeness (QED) is 0.129. The van der Waals surface area contributed by atoms with Crippen molar-refractivity contribution in [3.8, 4) is 11.3 Å². The summed E-state index contributed by atoms with van der Waals surface area (Å²) in [5, 5.41) is 29.1. The third-order valence-corrected chi connectivity index (χ3v) is 9.40. The number of carbonyl (C=O) groups excluding carboxylic acids is 1. The Kier molecular flexibility index (Phi) is 10.6. The van der Waals surface area contributed by atoms with E-state index in [2.05, 4.69) is 30.5 Å². The molecule has 242 valence electrons. The van der Waals surface area contributed by atoms with Gasteiger partial charge in [-0.25, -0.2) is 9.78 Å². The predicted octanol–water partition coefficient (Wildman–Crippen LogP) is 7.19. The average molecular weight is 643 g/mol. The predicted molar refractivity (Wildman–Crippen MR) is 183 cm³/mol. The number of halogens is 1. The highest BCUT2D eigenvalue weighted by molar-refractivity contribution is 6.33. The monoisotopic (exact) mass is 642 g/mol. The van der Waals surface area contributed by atoms with Crippen LogP contribution in [-0.4, -0.2) is 58.8 Å². The summed E-state index contributed by atoms with van der Waals surface area (Å²) < 4.78 is 0. The van der Waals surface area contributed by atoms with E-state index in [1.54, 1.807) is 6.07 Å². The number of para-hydroxylation sites is 1. The van der Waals surface area contributed by atoms with Crippen molar-refractivity contribution in [1.29, 1.82) is 0 Å². The topological polar surface area (TPSA) is 115 Å². The lowest BCUT2D eigenvalue weighted by Gasteiger charge is -2.43. The van der Waals surface area contributed by atoms with E-state index in [9.17, 15) is 19.8 Å². The second-order valence-corrected chi connectivity index (χ2v) is 12.9. The minimum absolute atomic E-state index is 0.0701. The lowest BCUT2D eigenvalue weighted by atomic mass is 9.72. The van der Waals surface area contributed by atoms with Crippen LogP contribution in [-0.2, 0) is 12.1 Å². The molecule has 46 heavy (non-hydrogen) atoms. The van der Waals surface area contributed by atoms with Gasteiger partial charge in [-0.05, 0) is 79.6 Å². The first-order chi connectivity index (χ1) is 22.1. The van der Waals surface area contributed by atoms with Gasteiger partial charge >= 0.3 is 6.09 Å². The van der Waals surface area contributed by atoms with Crippen LogP contribution in [0.4, 0.5) is 4.79 Å². The number of aromatic nitrogens is 1. The van der Waals surface area contributed by atoms with Gasteiger partial charge in [-0.2, -0.15) is 0 Å². The number of carbonyl (C=O) groups is 2. The van der Waals surface area contributed by atoms with Gasteiger partial charge in [0.1, 0.15) is 0 Å². The van der Waals surface area contributed by atoms with Gasteiger partial charge < -0.3 is 25.7 Å². The first-order valence-electron chi connectivity index (χ1n) is 16.0. The van der Waals surface area contributed by atoms with E-state index in [0.717, 1.165) is 35.0 Å². The Morgan fingerprint density at radius 1 is 1.07 bits per heavy atom. The molecular weight excluding hydrogens is 600 g/mol. The number of pyridine rings is 1. The van der Waals surface area contributed by atoms with Crippen LogP contribution in [0, 0.1) is 5.92 Å². The third kappa shape index (κ3) is 7.20. The van der Waals surface area contributed by atoms with Crippen LogP contribution in [0.3, 0.4) is 0 Å². The van der Waals surface area contributed by atoms with E-state index in [1.165, 1.54) is 0 Å². The number of rotatable bonds is 11. The number of benzene rings is 3. The molecule has 4 aromatic rings. The van der Waals surface area contributed by atoms with Gasteiger partial charge in [-0.1, -0.05) is 74.0 Å². The minimum Gasteiger partial charge on any atom is -0.465 e. The van der Waals surface area contributed by atoms with E-state index >= 15 is 0 Å². The lowest BCUT2D eigenvalue weighted by Crippen LogP contribution is -2.48. The zero-order valence-corrected chi connectivity index (χ0v) is 27.5. The molecule has 8 nitrogen and oxygen atoms in total. The molecule has 1 fully saturated rings. The molecule has 0 unspecified atom stereocenters. The maximum absolute atomic E-state index is 13.7. The highest BCUT2D eigenvalue weighted by Crippen LogP contribution is 2.45. The lowest BCUT2D eigenvalue weighted by molar-refractivity contribution is -0.0563. The van der Waals surface area contributed by atoms with Crippen LogP contribution in [0.2, 0.25) is 5.02 Å². The van der Waals surface area contributed by atoms with E-state index in [1.807, 2.05) is 72.6 Å². The number of amides is 2. The minimum atomic E-state index is -1.41. The molecule has 2 atom stereocenters. The van der Waals surface area contributed by atoms with E-state index in [-0.39, 0.29) is 30.7 Å². The van der Waals surface area contributed by atoms with Crippen molar-refractivity contribution >= 4 is 34.5 Å². The van der Waals surface area contributed by atoms with E-state index < -0.39 is 11.7 Å². The second-order valence-electron chi connectivity index (χ2n) is 12.5. The van der Waals surface area contributed by atoms with Gasteiger partial charge in [-0.3, -0.25) is 4.79 Å². The molecular formula is C37H43ClN4O4. The maximum Gasteiger partial charge on any atom is 0.404 e. The molecule has 2 heterocycles. The number of nitrogens with one attached hydrogen (secondary N) is 2. The molecule has 0 spiro atoms. The summed E-state index contributed by atoms with van der Waals surface area (Å²) >= 11 is 6.95. The smallest absolute Gasteiger partial charge is 0.404 e. The zero-order valence-electron chi connectivity index (χ0n) is 26.7. The molecule has 1 aromatic heterocycles. The second kappa shape index (κ2) is 14.6. The normalized spacial score (nSPS) is 16.4. The van der Waals surface area contributed by atoms with Crippen LogP contribution < -0.4 is 10.6 Å². The van der Waals surface area contributed by atoms with Gasteiger partial charge in [0.25, 0.3) is 5.91 Å². The summed E-state index contributed by atoms with van der Waals surface area (Å²) in [6.07, 6.45) is 0.989. The number of piperidine rings is 1. The van der Waals surface area contributed by atoms with Crippen molar-refractivity contribution in [2.45, 2.75) is 57.6 Å². The van der Waals surface area contributed by atoms with Gasteiger partial charge in [0, 0.05) is 48.6 Å². The standard InChI is InChI=1S/C37H43ClN4O4/c1-24(2)29-10-4-8-26-17-18-32(41-34(26)29)33-30(11-5-12-31(33)38)37(46,19-7-20-40-36(44)45)28-9-6-21-42(23-28)35(43)27-15-13-25(14-16-27)22-39-3/h4-5,8,10-18,24,28,39-40,46H,6-7,9,19-23H2,1-3H3,(H,44,45)/t28-,37+/m1/s1. The van der Waals surface area contributed by atoms with Crippen LogP contribution in [0.1, 0.15) is 72.5 Å². The maximum atomic E-state index is 13.7. The number of hydrogen-bond acceptors (Lipinski definition) is 5. The Balaban J connectivity index is 1.54. The molecule has 9 heteroatoms.